The predicted molar refractivity (Wildman–Crippen MR) is 28.3 cm³/mol. The van der Waals surface area contributed by atoms with Crippen LogP contribution in [-0.2, 0) is 9.59 Å². The highest BCUT2D eigenvalue weighted by molar-refractivity contribution is 5.93. The van der Waals surface area contributed by atoms with Gasteiger partial charge in [0, 0.05) is 0 Å². The second-order valence-corrected chi connectivity index (χ2v) is 1.88. The van der Waals surface area contributed by atoms with Crippen molar-refractivity contribution in [1.82, 2.24) is 0 Å². The van der Waals surface area contributed by atoms with Crippen molar-refractivity contribution in [3.05, 3.63) is 0 Å². The van der Waals surface area contributed by atoms with E-state index in [-0.39, 0.29) is 0 Å². The smallest absolute Gasteiger partial charge is 0.364 e. The molecule has 0 bridgehead atoms. The average Bonchev–Trinajstić information content (AvgIpc) is 1.86. The Morgan fingerprint density at radius 2 is 1.00 bits per heavy atom. The Bertz CT molecular complexity index is 203. The number of carbonyl (C=O) groups is 2. The van der Waals surface area contributed by atoms with Gasteiger partial charge < -0.3 is 11.5 Å². The topological polar surface area (TPSA) is 86.2 Å². The number of rotatable bonds is 3. The van der Waals surface area contributed by atoms with Crippen LogP contribution in [0, 0.1) is 0 Å². The molecule has 0 aromatic heterocycles. The first-order valence-corrected chi connectivity index (χ1v) is 2.49. The summed E-state index contributed by atoms with van der Waals surface area (Å²) in [5, 5.41) is 0. The molecular weight excluding hydrogens is 184 g/mol. The molecule has 0 aromatic carbocycles. The van der Waals surface area contributed by atoms with Crippen molar-refractivity contribution in [3.63, 3.8) is 0 Å². The molecule has 0 atom stereocenters. The number of hydrogen-bond acceptors (Lipinski definition) is 2. The first-order chi connectivity index (χ1) is 5.14. The molecule has 0 aliphatic rings. The lowest BCUT2D eigenvalue weighted by Crippen LogP contribution is -2.57. The summed E-state index contributed by atoms with van der Waals surface area (Å²) in [6, 6.07) is 0. The van der Waals surface area contributed by atoms with Gasteiger partial charge in [-0.25, -0.2) is 0 Å². The zero-order valence-corrected chi connectivity index (χ0v) is 5.48. The third-order valence-electron chi connectivity index (χ3n) is 1.01. The van der Waals surface area contributed by atoms with Crippen molar-refractivity contribution < 1.29 is 27.2 Å². The summed E-state index contributed by atoms with van der Waals surface area (Å²) in [6.45, 7) is 0. The monoisotopic (exact) mass is 188 g/mol. The van der Waals surface area contributed by atoms with Gasteiger partial charge in [0.2, 0.25) is 0 Å². The van der Waals surface area contributed by atoms with Gasteiger partial charge in [-0.3, -0.25) is 9.59 Å². The van der Waals surface area contributed by atoms with Gasteiger partial charge in [-0.05, 0) is 0 Å². The number of carbonyl (C=O) groups excluding carboxylic acids is 2. The van der Waals surface area contributed by atoms with E-state index in [0.717, 1.165) is 0 Å². The Kier molecular flexibility index (Phi) is 2.32. The molecule has 8 heteroatoms. The number of halogens is 4. The van der Waals surface area contributed by atoms with Crippen molar-refractivity contribution in [3.8, 4) is 0 Å². The Labute approximate surface area is 63.5 Å². The second-order valence-electron chi connectivity index (χ2n) is 1.88. The van der Waals surface area contributed by atoms with Gasteiger partial charge in [-0.1, -0.05) is 0 Å². The van der Waals surface area contributed by atoms with Crippen LogP contribution in [0.25, 0.3) is 0 Å². The number of hydrogen-bond donors (Lipinski definition) is 2. The van der Waals surface area contributed by atoms with Crippen LogP contribution in [0.1, 0.15) is 0 Å². The van der Waals surface area contributed by atoms with Crippen molar-refractivity contribution in [2.24, 2.45) is 11.5 Å². The van der Waals surface area contributed by atoms with E-state index in [1.807, 2.05) is 0 Å². The molecule has 70 valence electrons. The fourth-order valence-corrected chi connectivity index (χ4v) is 0.309. The first-order valence-electron chi connectivity index (χ1n) is 2.49. The zero-order chi connectivity index (χ0) is 10.2. The Morgan fingerprint density at radius 1 is 0.833 bits per heavy atom. The zero-order valence-electron chi connectivity index (χ0n) is 5.48. The van der Waals surface area contributed by atoms with Crippen LogP contribution in [0.5, 0.6) is 0 Å². The predicted octanol–water partition coefficient (Wildman–Crippen LogP) is -0.772. The van der Waals surface area contributed by atoms with E-state index in [1.165, 1.54) is 0 Å². The summed E-state index contributed by atoms with van der Waals surface area (Å²) in [4.78, 5) is 19.5. The minimum atomic E-state index is -5.25. The van der Waals surface area contributed by atoms with Gasteiger partial charge >= 0.3 is 11.8 Å². The van der Waals surface area contributed by atoms with Crippen LogP contribution in [0.4, 0.5) is 17.6 Å². The molecule has 0 aliphatic heterocycles. The number of primary amides is 2. The molecule has 0 aliphatic carbocycles. The minimum absolute atomic E-state index is 2.61. The summed E-state index contributed by atoms with van der Waals surface area (Å²) < 4.78 is 48.2. The lowest BCUT2D eigenvalue weighted by molar-refractivity contribution is -0.207. The molecule has 0 radical (unpaired) electrons. The van der Waals surface area contributed by atoms with Crippen molar-refractivity contribution in [1.29, 1.82) is 0 Å². The van der Waals surface area contributed by atoms with Crippen LogP contribution >= 0.6 is 0 Å². The van der Waals surface area contributed by atoms with Gasteiger partial charge in [0.25, 0.3) is 11.8 Å². The van der Waals surface area contributed by atoms with E-state index in [2.05, 4.69) is 11.5 Å². The fraction of sp³-hybridized carbons (Fsp3) is 0.500. The summed E-state index contributed by atoms with van der Waals surface area (Å²) in [5.74, 6) is -15.7. The van der Waals surface area contributed by atoms with Crippen molar-refractivity contribution in [2.75, 3.05) is 0 Å². The number of amides is 2. The Hall–Kier alpha value is -1.34. The van der Waals surface area contributed by atoms with Gasteiger partial charge in [-0.2, -0.15) is 17.6 Å². The van der Waals surface area contributed by atoms with Crippen molar-refractivity contribution >= 4 is 11.8 Å². The van der Waals surface area contributed by atoms with Crippen LogP contribution in [0.2, 0.25) is 0 Å². The van der Waals surface area contributed by atoms with E-state index in [9.17, 15) is 27.2 Å². The second kappa shape index (κ2) is 2.61. The molecular formula is C4H4F4N2O2. The molecule has 0 rings (SSSR count). The molecule has 0 saturated carbocycles. The quantitative estimate of drug-likeness (QED) is 0.569. The van der Waals surface area contributed by atoms with E-state index in [0.29, 0.717) is 0 Å². The van der Waals surface area contributed by atoms with Crippen LogP contribution < -0.4 is 11.5 Å². The maximum atomic E-state index is 12.0. The van der Waals surface area contributed by atoms with Crippen LogP contribution in [0.3, 0.4) is 0 Å². The third-order valence-corrected chi connectivity index (χ3v) is 1.01. The van der Waals surface area contributed by atoms with Crippen LogP contribution in [-0.4, -0.2) is 23.7 Å². The Morgan fingerprint density at radius 3 is 1.08 bits per heavy atom. The molecule has 4 nitrogen and oxygen atoms in total. The average molecular weight is 188 g/mol. The Balaban J connectivity index is 5.01. The molecule has 12 heavy (non-hydrogen) atoms. The third kappa shape index (κ3) is 1.31. The number of alkyl halides is 4. The SMILES string of the molecule is NC(=O)C(F)(F)C(F)(F)C(N)=O. The summed E-state index contributed by atoms with van der Waals surface area (Å²) in [6.07, 6.45) is 0. The summed E-state index contributed by atoms with van der Waals surface area (Å²) in [7, 11) is 0. The summed E-state index contributed by atoms with van der Waals surface area (Å²) >= 11 is 0. The van der Waals surface area contributed by atoms with Gasteiger partial charge in [0.15, 0.2) is 0 Å². The normalized spacial score (nSPS) is 12.7. The van der Waals surface area contributed by atoms with Gasteiger partial charge in [-0.15, -0.1) is 0 Å². The standard InChI is InChI=1S/C4H4F4N2O2/c5-3(6,1(9)11)4(7,8)2(10)12/h(H2,9,11)(H2,10,12). The molecule has 4 N–H and O–H groups in total. The molecule has 0 saturated heterocycles. The van der Waals surface area contributed by atoms with E-state index < -0.39 is 23.7 Å². The lowest BCUT2D eigenvalue weighted by Gasteiger charge is -2.19. The highest BCUT2D eigenvalue weighted by Crippen LogP contribution is 2.33. The van der Waals surface area contributed by atoms with Gasteiger partial charge in [0.1, 0.15) is 0 Å². The molecule has 0 heterocycles. The van der Waals surface area contributed by atoms with E-state index in [1.54, 1.807) is 0 Å². The largest absolute Gasteiger partial charge is 0.395 e. The molecule has 0 aromatic rings. The van der Waals surface area contributed by atoms with Crippen LogP contribution in [0.15, 0.2) is 0 Å². The molecule has 0 fully saturated rings. The maximum Gasteiger partial charge on any atom is 0.395 e. The molecule has 0 unspecified atom stereocenters. The number of nitrogens with two attached hydrogens (primary N) is 2. The fourth-order valence-electron chi connectivity index (χ4n) is 0.309. The van der Waals surface area contributed by atoms with E-state index >= 15 is 0 Å². The van der Waals surface area contributed by atoms with E-state index in [4.69, 9.17) is 0 Å². The highest BCUT2D eigenvalue weighted by Gasteiger charge is 2.65. The molecule has 0 spiro atoms. The highest BCUT2D eigenvalue weighted by atomic mass is 19.3. The minimum Gasteiger partial charge on any atom is -0.364 e. The summed E-state index contributed by atoms with van der Waals surface area (Å²) in [5.41, 5.74) is 7.83. The first kappa shape index (κ1) is 10.7. The molecule has 2 amide bonds. The maximum absolute atomic E-state index is 12.0. The van der Waals surface area contributed by atoms with Crippen molar-refractivity contribution in [2.45, 2.75) is 11.8 Å². The lowest BCUT2D eigenvalue weighted by atomic mass is 10.1. The van der Waals surface area contributed by atoms with Gasteiger partial charge in [0.05, 0.1) is 0 Å².